The topological polar surface area (TPSA) is 110 Å². The summed E-state index contributed by atoms with van der Waals surface area (Å²) in [6.07, 6.45) is 0.787. The third kappa shape index (κ3) is 3.68. The fraction of sp³-hybridized carbons (Fsp3) is 0.412. The van der Waals surface area contributed by atoms with E-state index >= 15 is 0 Å². The first-order valence-electron chi connectivity index (χ1n) is 8.54. The first-order valence-corrected chi connectivity index (χ1v) is 9.98. The Kier molecular flexibility index (Phi) is 5.22. The number of hydrogen-bond acceptors (Lipinski definition) is 6. The predicted octanol–water partition coefficient (Wildman–Crippen LogP) is 0.624. The molecule has 1 aromatic heterocycles. The van der Waals surface area contributed by atoms with Crippen LogP contribution in [0.1, 0.15) is 21.7 Å². The number of hydrogen-bond donors (Lipinski definition) is 3. The molecule has 1 aliphatic rings. The Balaban J connectivity index is 1.97. The first kappa shape index (κ1) is 19.3. The van der Waals surface area contributed by atoms with Crippen molar-refractivity contribution in [3.63, 3.8) is 0 Å². The Labute approximate surface area is 158 Å². The van der Waals surface area contributed by atoms with Gasteiger partial charge in [-0.25, -0.2) is 12.7 Å². The molecule has 1 aliphatic heterocycles. The first-order chi connectivity index (χ1) is 12.7. The van der Waals surface area contributed by atoms with Gasteiger partial charge in [0.05, 0.1) is 16.3 Å². The second-order valence-electron chi connectivity index (χ2n) is 6.77. The summed E-state index contributed by atoms with van der Waals surface area (Å²) < 4.78 is 26.0. The van der Waals surface area contributed by atoms with Crippen LogP contribution >= 0.6 is 0 Å². The lowest BCUT2D eigenvalue weighted by atomic mass is 10.1. The molecule has 1 aromatic carbocycles. The molecular weight excluding hydrogens is 368 g/mol. The monoisotopic (exact) mass is 392 g/mol. The second-order valence-corrected chi connectivity index (χ2v) is 8.92. The number of amides is 1. The largest absolute Gasteiger partial charge is 0.376 e. The van der Waals surface area contributed by atoms with Gasteiger partial charge in [0.2, 0.25) is 10.0 Å². The molecule has 2 heterocycles. The number of aromatic amines is 1. The lowest BCUT2D eigenvalue weighted by Crippen LogP contribution is -2.26. The molecule has 10 heteroatoms. The molecule has 3 rings (SSSR count). The van der Waals surface area contributed by atoms with Gasteiger partial charge >= 0.3 is 0 Å². The number of nitrogens with zero attached hydrogens (tertiary/aromatic N) is 3. The van der Waals surface area contributed by atoms with E-state index in [0.717, 1.165) is 28.5 Å². The summed E-state index contributed by atoms with van der Waals surface area (Å²) in [6, 6.07) is 4.67. The molecule has 9 nitrogen and oxygen atoms in total. The van der Waals surface area contributed by atoms with Gasteiger partial charge in [-0.3, -0.25) is 9.89 Å². The number of sulfonamides is 1. The quantitative estimate of drug-likeness (QED) is 0.688. The van der Waals surface area contributed by atoms with Crippen LogP contribution in [0.2, 0.25) is 0 Å². The average Bonchev–Trinajstić information content (AvgIpc) is 3.05. The van der Waals surface area contributed by atoms with Gasteiger partial charge in [0.1, 0.15) is 0 Å². The van der Waals surface area contributed by atoms with E-state index in [4.69, 9.17) is 0 Å². The number of anilines is 2. The standard InChI is InChI=1S/C17H24N6O3S/c1-22(2)15-6-5-11(27(25,26)23(3)4)9-14(15)19-17(24)16-12-10-18-8-7-13(12)20-21-16/h5-6,9,18H,7-8,10H2,1-4H3,(H,19,24)(H,20,21). The number of benzene rings is 1. The molecule has 0 fully saturated rings. The van der Waals surface area contributed by atoms with Gasteiger partial charge in [0.15, 0.2) is 5.69 Å². The molecule has 1 amide bonds. The number of nitrogens with one attached hydrogen (secondary N) is 3. The van der Waals surface area contributed by atoms with E-state index in [1.165, 1.54) is 26.2 Å². The van der Waals surface area contributed by atoms with Crippen LogP contribution in [0.4, 0.5) is 11.4 Å². The van der Waals surface area contributed by atoms with E-state index in [0.29, 0.717) is 23.6 Å². The lowest BCUT2D eigenvalue weighted by molar-refractivity contribution is 0.102. The Morgan fingerprint density at radius 2 is 1.96 bits per heavy atom. The Morgan fingerprint density at radius 3 is 2.63 bits per heavy atom. The minimum absolute atomic E-state index is 0.110. The molecule has 0 aliphatic carbocycles. The van der Waals surface area contributed by atoms with E-state index in [1.54, 1.807) is 6.07 Å². The van der Waals surface area contributed by atoms with Crippen molar-refractivity contribution >= 4 is 27.3 Å². The Morgan fingerprint density at radius 1 is 1.22 bits per heavy atom. The van der Waals surface area contributed by atoms with Gasteiger partial charge in [-0.2, -0.15) is 5.10 Å². The number of aromatic nitrogens is 2. The van der Waals surface area contributed by atoms with E-state index in [1.807, 2.05) is 19.0 Å². The molecule has 0 unspecified atom stereocenters. The van der Waals surface area contributed by atoms with Gasteiger partial charge in [0.25, 0.3) is 5.91 Å². The minimum Gasteiger partial charge on any atom is -0.376 e. The maximum atomic E-state index is 12.8. The van der Waals surface area contributed by atoms with Crippen molar-refractivity contribution < 1.29 is 13.2 Å². The molecule has 27 heavy (non-hydrogen) atoms. The summed E-state index contributed by atoms with van der Waals surface area (Å²) in [5, 5.41) is 13.1. The summed E-state index contributed by atoms with van der Waals surface area (Å²) in [5.74, 6) is -0.376. The number of fused-ring (bicyclic) bond motifs is 1. The molecule has 0 radical (unpaired) electrons. The maximum Gasteiger partial charge on any atom is 0.276 e. The van der Waals surface area contributed by atoms with E-state index in [9.17, 15) is 13.2 Å². The van der Waals surface area contributed by atoms with Gasteiger partial charge in [-0.05, 0) is 18.2 Å². The predicted molar refractivity (Wildman–Crippen MR) is 104 cm³/mol. The average molecular weight is 392 g/mol. The SMILES string of the molecule is CN(C)c1ccc(S(=O)(=O)N(C)C)cc1NC(=O)c1n[nH]c2c1CNCC2. The van der Waals surface area contributed by atoms with E-state index < -0.39 is 10.0 Å². The zero-order valence-electron chi connectivity index (χ0n) is 15.8. The molecule has 0 bridgehead atoms. The minimum atomic E-state index is -3.61. The third-order valence-electron chi connectivity index (χ3n) is 4.50. The fourth-order valence-electron chi connectivity index (χ4n) is 2.97. The van der Waals surface area contributed by atoms with Crippen molar-refractivity contribution in [1.82, 2.24) is 19.8 Å². The zero-order chi connectivity index (χ0) is 19.8. The van der Waals surface area contributed by atoms with Crippen LogP contribution in [-0.2, 0) is 23.0 Å². The van der Waals surface area contributed by atoms with Crippen LogP contribution in [0.15, 0.2) is 23.1 Å². The number of carbonyl (C=O) groups excluding carboxylic acids is 1. The van der Waals surface area contributed by atoms with Gasteiger partial charge in [-0.15, -0.1) is 0 Å². The molecule has 146 valence electrons. The number of carbonyl (C=O) groups is 1. The van der Waals surface area contributed by atoms with Crippen molar-refractivity contribution in [2.24, 2.45) is 0 Å². The molecule has 0 saturated carbocycles. The summed E-state index contributed by atoms with van der Waals surface area (Å²) in [6.45, 7) is 1.41. The summed E-state index contributed by atoms with van der Waals surface area (Å²) in [4.78, 5) is 14.7. The highest BCUT2D eigenvalue weighted by molar-refractivity contribution is 7.89. The van der Waals surface area contributed by atoms with Crippen molar-refractivity contribution in [2.45, 2.75) is 17.9 Å². The molecule has 3 N–H and O–H groups in total. The van der Waals surface area contributed by atoms with Gasteiger partial charge in [0, 0.05) is 59.0 Å². The summed E-state index contributed by atoms with van der Waals surface area (Å²) in [5.41, 5.74) is 3.23. The van der Waals surface area contributed by atoms with Gasteiger partial charge < -0.3 is 15.5 Å². The van der Waals surface area contributed by atoms with Crippen molar-refractivity contribution in [2.75, 3.05) is 45.0 Å². The molecule has 2 aromatic rings. The third-order valence-corrected chi connectivity index (χ3v) is 6.31. The lowest BCUT2D eigenvalue weighted by Gasteiger charge is -2.20. The fourth-order valence-corrected chi connectivity index (χ4v) is 3.90. The molecular formula is C17H24N6O3S. The smallest absolute Gasteiger partial charge is 0.276 e. The normalized spacial score (nSPS) is 14.1. The van der Waals surface area contributed by atoms with Crippen molar-refractivity contribution in [3.8, 4) is 0 Å². The summed E-state index contributed by atoms with van der Waals surface area (Å²) >= 11 is 0. The van der Waals surface area contributed by atoms with Crippen LogP contribution in [-0.4, -0.2) is 63.6 Å². The highest BCUT2D eigenvalue weighted by atomic mass is 32.2. The summed E-state index contributed by atoms with van der Waals surface area (Å²) in [7, 11) is 2.97. The zero-order valence-corrected chi connectivity index (χ0v) is 16.6. The highest BCUT2D eigenvalue weighted by Gasteiger charge is 2.24. The number of H-pyrrole nitrogens is 1. The van der Waals surface area contributed by atoms with Crippen LogP contribution < -0.4 is 15.5 Å². The Bertz CT molecular complexity index is 965. The second kappa shape index (κ2) is 7.29. The number of rotatable bonds is 5. The van der Waals surface area contributed by atoms with Crippen molar-refractivity contribution in [1.29, 1.82) is 0 Å². The maximum absolute atomic E-state index is 12.8. The molecule has 0 saturated heterocycles. The van der Waals surface area contributed by atoms with Gasteiger partial charge in [-0.1, -0.05) is 0 Å². The molecule has 0 spiro atoms. The van der Waals surface area contributed by atoms with E-state index in [-0.39, 0.29) is 10.8 Å². The van der Waals surface area contributed by atoms with Crippen LogP contribution in [0.3, 0.4) is 0 Å². The van der Waals surface area contributed by atoms with Crippen LogP contribution in [0, 0.1) is 0 Å². The molecule has 0 atom stereocenters. The van der Waals surface area contributed by atoms with Crippen LogP contribution in [0.25, 0.3) is 0 Å². The van der Waals surface area contributed by atoms with Crippen molar-refractivity contribution in [3.05, 3.63) is 35.2 Å². The van der Waals surface area contributed by atoms with Crippen LogP contribution in [0.5, 0.6) is 0 Å². The van der Waals surface area contributed by atoms with E-state index in [2.05, 4.69) is 20.8 Å². The Hall–Kier alpha value is -2.43. The highest BCUT2D eigenvalue weighted by Crippen LogP contribution is 2.29.